The van der Waals surface area contributed by atoms with Crippen LogP contribution in [0.4, 0.5) is 0 Å². The van der Waals surface area contributed by atoms with Crippen LogP contribution in [0.1, 0.15) is 11.3 Å². The lowest BCUT2D eigenvalue weighted by Crippen LogP contribution is -1.87. The van der Waals surface area contributed by atoms with Crippen molar-refractivity contribution < 1.29 is 4.74 Å². The molecule has 0 fully saturated rings. The predicted octanol–water partition coefficient (Wildman–Crippen LogP) is 2.43. The van der Waals surface area contributed by atoms with E-state index in [1.807, 2.05) is 42.2 Å². The van der Waals surface area contributed by atoms with Gasteiger partial charge in [0.25, 0.3) is 0 Å². The molecule has 3 aromatic heterocycles. The molecule has 0 amide bonds. The molecule has 0 saturated heterocycles. The van der Waals surface area contributed by atoms with Crippen molar-refractivity contribution >= 4 is 21.6 Å². The molecule has 3 rings (SSSR count). The minimum atomic E-state index is 0.748. The summed E-state index contributed by atoms with van der Waals surface area (Å²) >= 11 is 3.45. The molecule has 0 saturated carbocycles. The Labute approximate surface area is 119 Å². The third-order valence-electron chi connectivity index (χ3n) is 2.93. The maximum atomic E-state index is 5.20. The van der Waals surface area contributed by atoms with Crippen LogP contribution in [0.5, 0.6) is 5.75 Å². The van der Waals surface area contributed by atoms with Crippen LogP contribution >= 0.6 is 15.9 Å². The monoisotopic (exact) mass is 320 g/mol. The molecule has 0 unspecified atom stereocenters. The van der Waals surface area contributed by atoms with E-state index in [4.69, 9.17) is 4.74 Å². The lowest BCUT2D eigenvalue weighted by atomic mass is 10.2. The number of methoxy groups -OCH3 is 1. The van der Waals surface area contributed by atoms with E-state index in [-0.39, 0.29) is 0 Å². The van der Waals surface area contributed by atoms with Gasteiger partial charge >= 0.3 is 0 Å². The fourth-order valence-corrected chi connectivity index (χ4v) is 2.55. The molecule has 0 aliphatic rings. The minimum Gasteiger partial charge on any atom is -0.495 e. The summed E-state index contributed by atoms with van der Waals surface area (Å²) in [7, 11) is 3.56. The van der Waals surface area contributed by atoms with Crippen molar-refractivity contribution in [2.45, 2.75) is 6.42 Å². The third-order valence-corrected chi connectivity index (χ3v) is 3.60. The first-order valence-corrected chi connectivity index (χ1v) is 6.64. The highest BCUT2D eigenvalue weighted by Gasteiger charge is 2.09. The second-order valence-electron chi connectivity index (χ2n) is 4.36. The van der Waals surface area contributed by atoms with Crippen molar-refractivity contribution in [2.75, 3.05) is 7.11 Å². The molecule has 98 valence electrons. The molecule has 0 aliphatic heterocycles. The Morgan fingerprint density at radius 3 is 2.79 bits per heavy atom. The van der Waals surface area contributed by atoms with Gasteiger partial charge in [-0.25, -0.2) is 4.98 Å². The Hall–Kier alpha value is -1.82. The van der Waals surface area contributed by atoms with Crippen LogP contribution in [0.3, 0.4) is 0 Å². The fraction of sp³-hybridized carbons (Fsp3) is 0.231. The number of nitrogens with zero attached hydrogens (tertiary/aromatic N) is 4. The van der Waals surface area contributed by atoms with Crippen LogP contribution in [0.25, 0.3) is 5.65 Å². The zero-order valence-electron chi connectivity index (χ0n) is 10.7. The van der Waals surface area contributed by atoms with Crippen molar-refractivity contribution in [3.63, 3.8) is 0 Å². The normalized spacial score (nSPS) is 11.1. The van der Waals surface area contributed by atoms with Gasteiger partial charge in [-0.3, -0.25) is 4.68 Å². The molecule has 0 radical (unpaired) electrons. The molecule has 3 heterocycles. The minimum absolute atomic E-state index is 0.748. The smallest absolute Gasteiger partial charge is 0.137 e. The number of halogens is 1. The number of rotatable bonds is 3. The molecule has 5 nitrogen and oxygen atoms in total. The Kier molecular flexibility index (Phi) is 3.02. The topological polar surface area (TPSA) is 44.3 Å². The average Bonchev–Trinajstić information content (AvgIpc) is 2.91. The van der Waals surface area contributed by atoms with Crippen LogP contribution < -0.4 is 4.74 Å². The molecule has 0 atom stereocenters. The van der Waals surface area contributed by atoms with Gasteiger partial charge < -0.3 is 9.14 Å². The van der Waals surface area contributed by atoms with E-state index in [0.717, 1.165) is 33.7 Å². The van der Waals surface area contributed by atoms with E-state index in [1.54, 1.807) is 11.8 Å². The Morgan fingerprint density at radius 2 is 2.11 bits per heavy atom. The second kappa shape index (κ2) is 4.70. The number of fused-ring (bicyclic) bond motifs is 1. The molecule has 0 N–H and O–H groups in total. The standard InChI is InChI=1S/C13H13BrN4O/c1-17-6-9(13(14)16-17)5-10-7-18-8-11(19-2)3-4-12(18)15-10/h3-4,6-8H,5H2,1-2H3. The largest absolute Gasteiger partial charge is 0.495 e. The van der Waals surface area contributed by atoms with E-state index in [2.05, 4.69) is 26.0 Å². The van der Waals surface area contributed by atoms with Crippen LogP contribution in [-0.2, 0) is 13.5 Å². The molecule has 3 aromatic rings. The molecule has 0 aromatic carbocycles. The van der Waals surface area contributed by atoms with E-state index in [1.165, 1.54) is 0 Å². The second-order valence-corrected chi connectivity index (χ2v) is 5.11. The summed E-state index contributed by atoms with van der Waals surface area (Å²) in [4.78, 5) is 4.58. The molecule has 19 heavy (non-hydrogen) atoms. The molecule has 0 bridgehead atoms. The Morgan fingerprint density at radius 1 is 1.26 bits per heavy atom. The Balaban J connectivity index is 1.95. The van der Waals surface area contributed by atoms with Crippen LogP contribution in [0.2, 0.25) is 0 Å². The fourth-order valence-electron chi connectivity index (χ4n) is 2.05. The van der Waals surface area contributed by atoms with Crippen molar-refractivity contribution in [1.82, 2.24) is 19.2 Å². The number of imidazole rings is 1. The summed E-state index contributed by atoms with van der Waals surface area (Å²) in [6, 6.07) is 3.85. The maximum Gasteiger partial charge on any atom is 0.137 e. The van der Waals surface area contributed by atoms with Gasteiger partial charge in [0.1, 0.15) is 16.0 Å². The van der Waals surface area contributed by atoms with Gasteiger partial charge in [0.15, 0.2) is 0 Å². The molecule has 6 heteroatoms. The number of ether oxygens (including phenoxy) is 1. The number of pyridine rings is 1. The number of aromatic nitrogens is 4. The van der Waals surface area contributed by atoms with Gasteiger partial charge in [-0.15, -0.1) is 0 Å². The van der Waals surface area contributed by atoms with E-state index >= 15 is 0 Å². The van der Waals surface area contributed by atoms with Gasteiger partial charge in [0, 0.05) is 31.4 Å². The summed E-state index contributed by atoms with van der Waals surface area (Å²) in [5.74, 6) is 0.819. The third kappa shape index (κ3) is 2.35. The first-order valence-electron chi connectivity index (χ1n) is 5.85. The molecular weight excluding hydrogens is 308 g/mol. The zero-order chi connectivity index (χ0) is 13.4. The molecule has 0 aliphatic carbocycles. The van der Waals surface area contributed by atoms with Crippen LogP contribution in [-0.4, -0.2) is 26.3 Å². The summed E-state index contributed by atoms with van der Waals surface area (Å²) in [5, 5.41) is 4.27. The van der Waals surface area contributed by atoms with Gasteiger partial charge in [0.05, 0.1) is 19.0 Å². The average molecular weight is 321 g/mol. The quantitative estimate of drug-likeness (QED) is 0.744. The van der Waals surface area contributed by atoms with E-state index < -0.39 is 0 Å². The highest BCUT2D eigenvalue weighted by Crippen LogP contribution is 2.19. The van der Waals surface area contributed by atoms with Gasteiger partial charge in [-0.2, -0.15) is 5.10 Å². The van der Waals surface area contributed by atoms with Crippen molar-refractivity contribution in [2.24, 2.45) is 7.05 Å². The number of hydrogen-bond acceptors (Lipinski definition) is 3. The van der Waals surface area contributed by atoms with Crippen LogP contribution in [0, 0.1) is 0 Å². The van der Waals surface area contributed by atoms with Crippen LogP contribution in [0.15, 0.2) is 35.3 Å². The lowest BCUT2D eigenvalue weighted by Gasteiger charge is -1.98. The summed E-state index contributed by atoms with van der Waals surface area (Å²) < 4.78 is 9.83. The van der Waals surface area contributed by atoms with E-state index in [0.29, 0.717) is 0 Å². The van der Waals surface area contributed by atoms with Crippen molar-refractivity contribution in [3.05, 3.63) is 46.6 Å². The molecule has 0 spiro atoms. The van der Waals surface area contributed by atoms with Gasteiger partial charge in [-0.05, 0) is 28.1 Å². The van der Waals surface area contributed by atoms with Gasteiger partial charge in [0.2, 0.25) is 0 Å². The zero-order valence-corrected chi connectivity index (χ0v) is 12.3. The lowest BCUT2D eigenvalue weighted by molar-refractivity contribution is 0.412. The summed E-state index contributed by atoms with van der Waals surface area (Å²) in [6.45, 7) is 0. The number of hydrogen-bond donors (Lipinski definition) is 0. The summed E-state index contributed by atoms with van der Waals surface area (Å²) in [6.07, 6.45) is 6.68. The predicted molar refractivity (Wildman–Crippen MR) is 75.5 cm³/mol. The SMILES string of the molecule is COc1ccc2nc(Cc3cn(C)nc3Br)cn2c1. The highest BCUT2D eigenvalue weighted by atomic mass is 79.9. The van der Waals surface area contributed by atoms with Gasteiger partial charge in [-0.1, -0.05) is 0 Å². The van der Waals surface area contributed by atoms with Crippen molar-refractivity contribution in [3.8, 4) is 5.75 Å². The first-order chi connectivity index (χ1) is 9.15. The van der Waals surface area contributed by atoms with Crippen molar-refractivity contribution in [1.29, 1.82) is 0 Å². The molecular formula is C13H13BrN4O. The Bertz CT molecular complexity index is 731. The number of aryl methyl sites for hydroxylation is 1. The van der Waals surface area contributed by atoms with E-state index in [9.17, 15) is 0 Å². The first kappa shape index (κ1) is 12.2. The summed E-state index contributed by atoms with van der Waals surface area (Å²) in [5.41, 5.74) is 3.04. The highest BCUT2D eigenvalue weighted by molar-refractivity contribution is 9.10. The maximum absolute atomic E-state index is 5.20.